The van der Waals surface area contributed by atoms with Gasteiger partial charge in [0, 0.05) is 11.3 Å². The molecule has 8 heteroatoms. The van der Waals surface area contributed by atoms with Gasteiger partial charge in [0.05, 0.1) is 19.1 Å². The zero-order valence-corrected chi connectivity index (χ0v) is 22.4. The summed E-state index contributed by atoms with van der Waals surface area (Å²) in [5.74, 6) is 1.34. The second-order valence-electron chi connectivity index (χ2n) is 8.78. The van der Waals surface area contributed by atoms with Gasteiger partial charge in [0.15, 0.2) is 11.0 Å². The number of nitrogens with one attached hydrogen (secondary N) is 1. The van der Waals surface area contributed by atoms with Gasteiger partial charge in [-0.2, -0.15) is 5.10 Å². The molecule has 39 heavy (non-hydrogen) atoms. The molecule has 1 N–H and O–H groups in total. The Morgan fingerprint density at radius 2 is 1.54 bits per heavy atom. The molecule has 0 aliphatic heterocycles. The van der Waals surface area contributed by atoms with Crippen LogP contribution in [0.4, 0.5) is 0 Å². The van der Waals surface area contributed by atoms with Gasteiger partial charge in [-0.15, -0.1) is 10.2 Å². The molecule has 5 aromatic rings. The highest BCUT2D eigenvalue weighted by Gasteiger charge is 2.17. The lowest BCUT2D eigenvalue weighted by Crippen LogP contribution is -2.20. The number of thioether (sulfide) groups is 1. The molecule has 0 aliphatic rings. The van der Waals surface area contributed by atoms with Crippen molar-refractivity contribution in [3.63, 3.8) is 0 Å². The van der Waals surface area contributed by atoms with Crippen LogP contribution in [0, 0.1) is 6.92 Å². The van der Waals surface area contributed by atoms with Gasteiger partial charge in [-0.25, -0.2) is 5.43 Å². The van der Waals surface area contributed by atoms with Gasteiger partial charge in [0.2, 0.25) is 0 Å². The van der Waals surface area contributed by atoms with E-state index in [4.69, 9.17) is 4.74 Å². The Bertz CT molecular complexity index is 1560. The van der Waals surface area contributed by atoms with Gasteiger partial charge in [-0.3, -0.25) is 9.36 Å². The molecule has 0 spiro atoms. The van der Waals surface area contributed by atoms with E-state index in [-0.39, 0.29) is 11.7 Å². The topological polar surface area (TPSA) is 81.4 Å². The monoisotopic (exact) mass is 533 g/mol. The maximum atomic E-state index is 12.6. The van der Waals surface area contributed by atoms with E-state index >= 15 is 0 Å². The molecule has 5 rings (SSSR count). The second-order valence-corrected chi connectivity index (χ2v) is 9.72. The van der Waals surface area contributed by atoms with Gasteiger partial charge in [-0.05, 0) is 47.9 Å². The molecule has 0 fully saturated rings. The summed E-state index contributed by atoms with van der Waals surface area (Å²) in [6.45, 7) is 2.04. The van der Waals surface area contributed by atoms with Crippen LogP contribution in [0.1, 0.15) is 11.1 Å². The molecule has 0 radical (unpaired) electrons. The van der Waals surface area contributed by atoms with Crippen molar-refractivity contribution in [2.45, 2.75) is 12.1 Å². The van der Waals surface area contributed by atoms with Crippen molar-refractivity contribution in [3.8, 4) is 34.0 Å². The van der Waals surface area contributed by atoms with E-state index in [0.29, 0.717) is 11.0 Å². The third-order valence-corrected chi connectivity index (χ3v) is 6.96. The molecule has 0 saturated carbocycles. The van der Waals surface area contributed by atoms with Crippen molar-refractivity contribution >= 4 is 23.9 Å². The highest BCUT2D eigenvalue weighted by Crippen LogP contribution is 2.29. The van der Waals surface area contributed by atoms with Gasteiger partial charge < -0.3 is 4.74 Å². The third kappa shape index (κ3) is 6.42. The Morgan fingerprint density at radius 1 is 0.872 bits per heavy atom. The number of ether oxygens (including phenoxy) is 1. The van der Waals surface area contributed by atoms with E-state index in [9.17, 15) is 4.79 Å². The Hall–Kier alpha value is -4.69. The Balaban J connectivity index is 1.26. The van der Waals surface area contributed by atoms with Crippen molar-refractivity contribution < 1.29 is 9.53 Å². The lowest BCUT2D eigenvalue weighted by atomic mass is 10.0. The number of nitrogens with zero attached hydrogens (tertiary/aromatic N) is 4. The highest BCUT2D eigenvalue weighted by molar-refractivity contribution is 7.99. The van der Waals surface area contributed by atoms with Crippen molar-refractivity contribution in [1.29, 1.82) is 0 Å². The number of aryl methyl sites for hydroxylation is 1. The van der Waals surface area contributed by atoms with Gasteiger partial charge in [0.25, 0.3) is 5.91 Å². The van der Waals surface area contributed by atoms with Crippen molar-refractivity contribution in [1.82, 2.24) is 20.2 Å². The van der Waals surface area contributed by atoms with E-state index in [1.165, 1.54) is 11.8 Å². The molecule has 4 aromatic carbocycles. The quantitative estimate of drug-likeness (QED) is 0.139. The molecule has 0 saturated heterocycles. The van der Waals surface area contributed by atoms with Crippen molar-refractivity contribution in [2.75, 3.05) is 12.9 Å². The summed E-state index contributed by atoms with van der Waals surface area (Å²) in [7, 11) is 1.63. The molecule has 1 aromatic heterocycles. The molecule has 0 bridgehead atoms. The summed E-state index contributed by atoms with van der Waals surface area (Å²) in [4.78, 5) is 12.6. The van der Waals surface area contributed by atoms with E-state index in [0.717, 1.165) is 39.3 Å². The van der Waals surface area contributed by atoms with Crippen LogP contribution in [0.25, 0.3) is 28.2 Å². The molecule has 7 nitrogen and oxygen atoms in total. The minimum Gasteiger partial charge on any atom is -0.497 e. The number of hydrogen-bond acceptors (Lipinski definition) is 6. The van der Waals surface area contributed by atoms with Crippen LogP contribution in [0.3, 0.4) is 0 Å². The maximum Gasteiger partial charge on any atom is 0.250 e. The zero-order chi connectivity index (χ0) is 27.0. The number of hydrogen-bond donors (Lipinski definition) is 1. The molecule has 0 aliphatic carbocycles. The van der Waals surface area contributed by atoms with Crippen LogP contribution in [-0.4, -0.2) is 39.7 Å². The summed E-state index contributed by atoms with van der Waals surface area (Å²) in [6, 6.07) is 33.9. The Kier molecular flexibility index (Phi) is 8.14. The van der Waals surface area contributed by atoms with E-state index < -0.39 is 0 Å². The maximum absolute atomic E-state index is 12.6. The summed E-state index contributed by atoms with van der Waals surface area (Å²) < 4.78 is 7.25. The number of methoxy groups -OCH3 is 1. The normalized spacial score (nSPS) is 11.0. The van der Waals surface area contributed by atoms with E-state index in [1.54, 1.807) is 13.3 Å². The van der Waals surface area contributed by atoms with Crippen molar-refractivity contribution in [3.05, 3.63) is 114 Å². The smallest absolute Gasteiger partial charge is 0.250 e. The number of rotatable bonds is 9. The third-order valence-electron chi connectivity index (χ3n) is 6.03. The fourth-order valence-corrected chi connectivity index (χ4v) is 4.69. The Morgan fingerprint density at radius 3 is 2.23 bits per heavy atom. The fraction of sp³-hybridized carbons (Fsp3) is 0.0968. The first kappa shape index (κ1) is 25.9. The Labute approximate surface area is 231 Å². The zero-order valence-electron chi connectivity index (χ0n) is 21.6. The fourth-order valence-electron chi connectivity index (χ4n) is 3.95. The predicted molar refractivity (Wildman–Crippen MR) is 156 cm³/mol. The van der Waals surface area contributed by atoms with Gasteiger partial charge in [0.1, 0.15) is 5.75 Å². The van der Waals surface area contributed by atoms with E-state index in [2.05, 4.69) is 32.9 Å². The molecular weight excluding hydrogens is 506 g/mol. The van der Waals surface area contributed by atoms with Crippen LogP contribution in [0.15, 0.2) is 113 Å². The van der Waals surface area contributed by atoms with Crippen LogP contribution in [0.5, 0.6) is 5.75 Å². The standard InChI is InChI=1S/C31H27N5O2S/c1-22-8-12-26(13-9-22)30-34-35-31(36(30)27-16-18-28(38-2)19-17-27)39-21-29(37)33-32-20-23-10-14-25(15-11-23)24-6-4-3-5-7-24/h3-20H,21H2,1-2H3,(H,33,37)/b32-20-. The molecule has 0 unspecified atom stereocenters. The highest BCUT2D eigenvalue weighted by atomic mass is 32.2. The molecule has 0 atom stereocenters. The first-order chi connectivity index (χ1) is 19.1. The average molecular weight is 534 g/mol. The molecule has 1 amide bonds. The van der Waals surface area contributed by atoms with E-state index in [1.807, 2.05) is 102 Å². The van der Waals surface area contributed by atoms with Crippen LogP contribution in [0.2, 0.25) is 0 Å². The predicted octanol–water partition coefficient (Wildman–Crippen LogP) is 6.16. The second kappa shape index (κ2) is 12.2. The number of carbonyl (C=O) groups is 1. The minimum absolute atomic E-state index is 0.131. The SMILES string of the molecule is COc1ccc(-n2c(SCC(=O)N/N=C\c3ccc(-c4ccccc4)cc3)nnc2-c2ccc(C)cc2)cc1. The first-order valence-electron chi connectivity index (χ1n) is 12.4. The van der Waals surface area contributed by atoms with Gasteiger partial charge in [-0.1, -0.05) is 96.2 Å². The van der Waals surface area contributed by atoms with Gasteiger partial charge >= 0.3 is 0 Å². The molecular formula is C31H27N5O2S. The lowest BCUT2D eigenvalue weighted by Gasteiger charge is -2.11. The summed E-state index contributed by atoms with van der Waals surface area (Å²) in [5.41, 5.74) is 8.74. The average Bonchev–Trinajstić information content (AvgIpc) is 3.41. The number of amides is 1. The molecule has 1 heterocycles. The lowest BCUT2D eigenvalue weighted by molar-refractivity contribution is -0.118. The summed E-state index contributed by atoms with van der Waals surface area (Å²) in [6.07, 6.45) is 1.63. The summed E-state index contributed by atoms with van der Waals surface area (Å²) in [5, 5.41) is 13.6. The van der Waals surface area contributed by atoms with Crippen molar-refractivity contribution in [2.24, 2.45) is 5.10 Å². The van der Waals surface area contributed by atoms with Crippen LogP contribution >= 0.6 is 11.8 Å². The summed E-state index contributed by atoms with van der Waals surface area (Å²) >= 11 is 1.30. The number of aromatic nitrogens is 3. The minimum atomic E-state index is -0.238. The largest absolute Gasteiger partial charge is 0.497 e. The molecule has 194 valence electrons. The number of carbonyl (C=O) groups excluding carboxylic acids is 1. The number of benzene rings is 4. The van der Waals surface area contributed by atoms with Crippen LogP contribution < -0.4 is 10.2 Å². The number of hydrazone groups is 1. The first-order valence-corrected chi connectivity index (χ1v) is 13.4. The van der Waals surface area contributed by atoms with Crippen LogP contribution in [-0.2, 0) is 4.79 Å².